The van der Waals surface area contributed by atoms with E-state index in [9.17, 15) is 14.7 Å². The fourth-order valence-electron chi connectivity index (χ4n) is 3.48. The average Bonchev–Trinajstić information content (AvgIpc) is 2.78. The van der Waals surface area contributed by atoms with Crippen molar-refractivity contribution in [2.45, 2.75) is 129 Å². The van der Waals surface area contributed by atoms with Gasteiger partial charge in [-0.05, 0) is 18.8 Å². The Balaban J connectivity index is 0. The van der Waals surface area contributed by atoms with Gasteiger partial charge in [0.15, 0.2) is 0 Å². The molecule has 0 spiro atoms. The second-order valence-electron chi connectivity index (χ2n) is 8.80. The molecule has 5 nitrogen and oxygen atoms in total. The van der Waals surface area contributed by atoms with E-state index < -0.39 is 11.9 Å². The molecular formula is C26H52O5S2. The minimum absolute atomic E-state index is 0.130. The third-order valence-electron chi connectivity index (χ3n) is 5.57. The zero-order valence-corrected chi connectivity index (χ0v) is 23.0. The zero-order valence-electron chi connectivity index (χ0n) is 21.4. The number of aliphatic carboxylic acids is 2. The minimum Gasteiger partial charge on any atom is -0.481 e. The molecular weight excluding hydrogens is 456 g/mol. The van der Waals surface area contributed by atoms with E-state index in [4.69, 9.17) is 10.2 Å². The van der Waals surface area contributed by atoms with Crippen LogP contribution in [0.5, 0.6) is 0 Å². The van der Waals surface area contributed by atoms with Crippen LogP contribution in [0.15, 0.2) is 0 Å². The Morgan fingerprint density at radius 1 is 0.606 bits per heavy atom. The van der Waals surface area contributed by atoms with Gasteiger partial charge in [-0.2, -0.15) is 0 Å². The molecule has 33 heavy (non-hydrogen) atoms. The lowest BCUT2D eigenvalue weighted by atomic mass is 9.95. The molecule has 0 heterocycles. The van der Waals surface area contributed by atoms with Gasteiger partial charge < -0.3 is 15.3 Å². The summed E-state index contributed by atoms with van der Waals surface area (Å²) in [5.41, 5.74) is 0. The van der Waals surface area contributed by atoms with Crippen molar-refractivity contribution in [3.63, 3.8) is 0 Å². The highest BCUT2D eigenvalue weighted by molar-refractivity contribution is 8.76. The minimum atomic E-state index is -0.818. The van der Waals surface area contributed by atoms with Crippen molar-refractivity contribution >= 4 is 33.5 Å². The van der Waals surface area contributed by atoms with Gasteiger partial charge in [0, 0.05) is 18.1 Å². The molecule has 198 valence electrons. The Morgan fingerprint density at radius 2 is 0.939 bits per heavy atom. The van der Waals surface area contributed by atoms with Crippen molar-refractivity contribution in [2.24, 2.45) is 5.92 Å². The first kappa shape index (κ1) is 34.8. The SMILES string of the molecule is CCCCCCCCCCC(CO)CCCCCCCC.O=C(O)CCSSCCC(=O)O. The smallest absolute Gasteiger partial charge is 0.304 e. The zero-order chi connectivity index (χ0) is 25.0. The summed E-state index contributed by atoms with van der Waals surface area (Å²) in [5, 5.41) is 25.9. The van der Waals surface area contributed by atoms with Crippen LogP contribution in [0.4, 0.5) is 0 Å². The van der Waals surface area contributed by atoms with Gasteiger partial charge in [-0.1, -0.05) is 125 Å². The summed E-state index contributed by atoms with van der Waals surface area (Å²) in [6.07, 6.45) is 22.1. The predicted molar refractivity (Wildman–Crippen MR) is 145 cm³/mol. The van der Waals surface area contributed by atoms with E-state index in [1.165, 1.54) is 124 Å². The highest BCUT2D eigenvalue weighted by Crippen LogP contribution is 2.22. The van der Waals surface area contributed by atoms with E-state index in [0.717, 1.165) is 0 Å². The molecule has 3 N–H and O–H groups in total. The van der Waals surface area contributed by atoms with Crippen LogP contribution >= 0.6 is 21.6 Å². The summed E-state index contributed by atoms with van der Waals surface area (Å²) in [6, 6.07) is 0. The summed E-state index contributed by atoms with van der Waals surface area (Å²) in [7, 11) is 2.79. The molecule has 0 aliphatic heterocycles. The molecule has 1 atom stereocenters. The fourth-order valence-corrected chi connectivity index (χ4v) is 5.44. The lowest BCUT2D eigenvalue weighted by Crippen LogP contribution is -2.06. The topological polar surface area (TPSA) is 94.8 Å². The van der Waals surface area contributed by atoms with Gasteiger partial charge in [0.1, 0.15) is 0 Å². The molecule has 7 heteroatoms. The van der Waals surface area contributed by atoms with Crippen LogP contribution in [-0.4, -0.2) is 45.4 Å². The van der Waals surface area contributed by atoms with Crippen LogP contribution in [0, 0.1) is 5.92 Å². The van der Waals surface area contributed by atoms with Gasteiger partial charge in [-0.25, -0.2) is 0 Å². The van der Waals surface area contributed by atoms with Gasteiger partial charge in [-0.3, -0.25) is 9.59 Å². The van der Waals surface area contributed by atoms with Crippen molar-refractivity contribution in [1.82, 2.24) is 0 Å². The van der Waals surface area contributed by atoms with Gasteiger partial charge in [0.25, 0.3) is 0 Å². The lowest BCUT2D eigenvalue weighted by Gasteiger charge is -2.13. The van der Waals surface area contributed by atoms with Gasteiger partial charge in [0.2, 0.25) is 0 Å². The van der Waals surface area contributed by atoms with E-state index in [2.05, 4.69) is 13.8 Å². The summed E-state index contributed by atoms with van der Waals surface area (Å²) in [6.45, 7) is 4.95. The van der Waals surface area contributed by atoms with Crippen LogP contribution in [0.2, 0.25) is 0 Å². The van der Waals surface area contributed by atoms with Crippen molar-refractivity contribution in [3.8, 4) is 0 Å². The Hall–Kier alpha value is -0.400. The number of unbranched alkanes of at least 4 members (excludes halogenated alkanes) is 12. The van der Waals surface area contributed by atoms with E-state index in [0.29, 0.717) is 24.0 Å². The van der Waals surface area contributed by atoms with E-state index in [1.807, 2.05) is 0 Å². The lowest BCUT2D eigenvalue weighted by molar-refractivity contribution is -0.137. The molecule has 0 radical (unpaired) electrons. The highest BCUT2D eigenvalue weighted by Gasteiger charge is 2.06. The molecule has 0 aliphatic rings. The van der Waals surface area contributed by atoms with Crippen LogP contribution in [0.1, 0.15) is 129 Å². The molecule has 0 rings (SSSR count). The Labute approximate surface area is 211 Å². The normalized spacial score (nSPS) is 11.6. The standard InChI is InChI=1S/C20H42O.C6H10O4S2/c1-3-5-7-9-11-12-14-16-18-20(19-21)17-15-13-10-8-6-4-2;7-5(8)1-3-11-12-4-2-6(9)10/h20-21H,3-19H2,1-2H3;1-4H2,(H,7,8)(H,9,10). The van der Waals surface area contributed by atoms with Crippen LogP contribution in [-0.2, 0) is 9.59 Å². The maximum absolute atomic E-state index is 10.0. The number of hydrogen-bond acceptors (Lipinski definition) is 5. The third kappa shape index (κ3) is 33.8. The summed E-state index contributed by atoms with van der Waals surface area (Å²) >= 11 is 0. The Kier molecular flexibility index (Phi) is 31.2. The highest BCUT2D eigenvalue weighted by atomic mass is 33.1. The Morgan fingerprint density at radius 3 is 1.24 bits per heavy atom. The molecule has 0 bridgehead atoms. The number of carboxylic acid groups (broad SMARTS) is 2. The summed E-state index contributed by atoms with van der Waals surface area (Å²) in [4.78, 5) is 20.0. The van der Waals surface area contributed by atoms with E-state index >= 15 is 0 Å². The number of aliphatic hydroxyl groups is 1. The second kappa shape index (κ2) is 29.6. The summed E-state index contributed by atoms with van der Waals surface area (Å²) in [5.74, 6) is -0.00174. The maximum Gasteiger partial charge on any atom is 0.304 e. The monoisotopic (exact) mass is 508 g/mol. The Bertz CT molecular complexity index is 403. The quantitative estimate of drug-likeness (QED) is 0.0893. The molecule has 0 fully saturated rings. The van der Waals surface area contributed by atoms with Gasteiger partial charge in [-0.15, -0.1) is 0 Å². The van der Waals surface area contributed by atoms with Gasteiger partial charge >= 0.3 is 11.9 Å². The molecule has 0 aromatic heterocycles. The first-order valence-corrected chi connectivity index (χ1v) is 15.7. The molecule has 0 aliphatic carbocycles. The van der Waals surface area contributed by atoms with Crippen LogP contribution in [0.3, 0.4) is 0 Å². The number of hydrogen-bond donors (Lipinski definition) is 3. The third-order valence-corrected chi connectivity index (χ3v) is 7.98. The molecule has 0 saturated heterocycles. The second-order valence-corrected chi connectivity index (χ2v) is 11.5. The number of rotatable bonds is 24. The fraction of sp³-hybridized carbons (Fsp3) is 0.923. The first-order chi connectivity index (χ1) is 16.0. The molecule has 1 unspecified atom stereocenters. The molecule has 0 amide bonds. The average molecular weight is 509 g/mol. The number of carbonyl (C=O) groups is 2. The number of carboxylic acids is 2. The van der Waals surface area contributed by atoms with Crippen LogP contribution < -0.4 is 0 Å². The van der Waals surface area contributed by atoms with Crippen molar-refractivity contribution in [3.05, 3.63) is 0 Å². The largest absolute Gasteiger partial charge is 0.481 e. The predicted octanol–water partition coefficient (Wildman–Crippen LogP) is 8.19. The number of aliphatic hydroxyl groups excluding tert-OH is 1. The summed E-state index contributed by atoms with van der Waals surface area (Å²) < 4.78 is 0. The molecule has 0 aromatic rings. The van der Waals surface area contributed by atoms with Crippen LogP contribution in [0.25, 0.3) is 0 Å². The van der Waals surface area contributed by atoms with E-state index in [1.54, 1.807) is 0 Å². The maximum atomic E-state index is 10.0. The van der Waals surface area contributed by atoms with Crippen molar-refractivity contribution in [2.75, 3.05) is 18.1 Å². The van der Waals surface area contributed by atoms with Crippen molar-refractivity contribution in [1.29, 1.82) is 0 Å². The molecule has 0 aromatic carbocycles. The first-order valence-electron chi connectivity index (χ1n) is 13.3. The molecule has 0 saturated carbocycles. The van der Waals surface area contributed by atoms with Crippen molar-refractivity contribution < 1.29 is 24.9 Å². The van der Waals surface area contributed by atoms with E-state index in [-0.39, 0.29) is 12.8 Å². The van der Waals surface area contributed by atoms with Gasteiger partial charge in [0.05, 0.1) is 12.8 Å².